The van der Waals surface area contributed by atoms with Crippen molar-refractivity contribution in [2.45, 2.75) is 90.6 Å². The predicted octanol–water partition coefficient (Wildman–Crippen LogP) is 4.47. The van der Waals surface area contributed by atoms with Crippen molar-refractivity contribution >= 4 is 0 Å². The van der Waals surface area contributed by atoms with Gasteiger partial charge in [-0.3, -0.25) is 0 Å². The van der Waals surface area contributed by atoms with E-state index in [1.54, 1.807) is 0 Å². The summed E-state index contributed by atoms with van der Waals surface area (Å²) in [5.41, 5.74) is 4.61. The van der Waals surface area contributed by atoms with Crippen molar-refractivity contribution < 1.29 is 20.1 Å². The standard InChI is InChI=1S/C26H40O4/c1-16(2)25(29)15-30-18(4)22-10-11-23-19(7-6-12-26(22,23)5)8-9-20-13-21(27)14-24(28)17(20)3/h8-10,16,18,21,23-25,27-29H,3,6-7,11-15H2,1-2,4-5H3/t18-,21+,23-,24-,25+,26+/m0/s1. The molecule has 30 heavy (non-hydrogen) atoms. The van der Waals surface area contributed by atoms with E-state index in [9.17, 15) is 15.3 Å². The van der Waals surface area contributed by atoms with Gasteiger partial charge in [0.1, 0.15) is 0 Å². The van der Waals surface area contributed by atoms with E-state index in [-0.39, 0.29) is 17.4 Å². The third-order valence-electron chi connectivity index (χ3n) is 7.60. The van der Waals surface area contributed by atoms with Crippen LogP contribution >= 0.6 is 0 Å². The molecule has 0 saturated heterocycles. The van der Waals surface area contributed by atoms with Crippen LogP contribution in [0.3, 0.4) is 0 Å². The van der Waals surface area contributed by atoms with E-state index < -0.39 is 18.3 Å². The Morgan fingerprint density at radius 2 is 2.00 bits per heavy atom. The number of hydrogen-bond acceptors (Lipinski definition) is 4. The molecule has 0 spiro atoms. The Balaban J connectivity index is 1.73. The van der Waals surface area contributed by atoms with E-state index in [1.165, 1.54) is 11.1 Å². The minimum atomic E-state index is -0.644. The molecular weight excluding hydrogens is 376 g/mol. The zero-order chi connectivity index (χ0) is 22.1. The van der Waals surface area contributed by atoms with Crippen LogP contribution in [0.15, 0.2) is 47.1 Å². The fourth-order valence-corrected chi connectivity index (χ4v) is 5.47. The molecule has 0 aromatic heterocycles. The molecule has 3 aliphatic carbocycles. The van der Waals surface area contributed by atoms with Crippen molar-refractivity contribution in [1.29, 1.82) is 0 Å². The topological polar surface area (TPSA) is 69.9 Å². The number of aliphatic hydroxyl groups excluding tert-OH is 3. The average molecular weight is 417 g/mol. The van der Waals surface area contributed by atoms with Crippen molar-refractivity contribution in [3.8, 4) is 0 Å². The summed E-state index contributed by atoms with van der Waals surface area (Å²) in [6, 6.07) is 0. The van der Waals surface area contributed by atoms with E-state index in [1.807, 2.05) is 13.8 Å². The van der Waals surface area contributed by atoms with Gasteiger partial charge in [0.25, 0.3) is 0 Å². The Bertz CT molecular complexity index is 731. The van der Waals surface area contributed by atoms with Gasteiger partial charge in [-0.05, 0) is 73.0 Å². The van der Waals surface area contributed by atoms with Gasteiger partial charge in [-0.25, -0.2) is 0 Å². The van der Waals surface area contributed by atoms with Crippen LogP contribution in [0.4, 0.5) is 0 Å². The highest BCUT2D eigenvalue weighted by Gasteiger charge is 2.46. The van der Waals surface area contributed by atoms with E-state index in [2.05, 4.69) is 38.7 Å². The van der Waals surface area contributed by atoms with Crippen LogP contribution in [0.25, 0.3) is 0 Å². The van der Waals surface area contributed by atoms with Gasteiger partial charge in [-0.15, -0.1) is 0 Å². The van der Waals surface area contributed by atoms with Crippen molar-refractivity contribution in [3.05, 3.63) is 47.1 Å². The molecule has 4 nitrogen and oxygen atoms in total. The molecule has 0 heterocycles. The monoisotopic (exact) mass is 416 g/mol. The van der Waals surface area contributed by atoms with Crippen molar-refractivity contribution in [3.63, 3.8) is 0 Å². The highest BCUT2D eigenvalue weighted by molar-refractivity contribution is 5.40. The zero-order valence-corrected chi connectivity index (χ0v) is 19.1. The molecule has 3 N–H and O–H groups in total. The summed E-state index contributed by atoms with van der Waals surface area (Å²) in [5.74, 6) is 0.660. The van der Waals surface area contributed by atoms with Gasteiger partial charge in [0.05, 0.1) is 31.0 Å². The van der Waals surface area contributed by atoms with Crippen molar-refractivity contribution in [2.24, 2.45) is 17.3 Å². The molecule has 4 heteroatoms. The molecule has 2 saturated carbocycles. The smallest absolute Gasteiger partial charge is 0.0811 e. The Morgan fingerprint density at radius 3 is 2.70 bits per heavy atom. The third-order valence-corrected chi connectivity index (χ3v) is 7.60. The van der Waals surface area contributed by atoms with E-state index in [4.69, 9.17) is 4.74 Å². The van der Waals surface area contributed by atoms with Gasteiger partial charge >= 0.3 is 0 Å². The molecule has 3 aliphatic rings. The lowest BCUT2D eigenvalue weighted by molar-refractivity contribution is -0.0146. The second-order valence-corrected chi connectivity index (χ2v) is 10.1. The van der Waals surface area contributed by atoms with Crippen LogP contribution in [0.2, 0.25) is 0 Å². The Kier molecular flexibility index (Phi) is 7.44. The number of hydrogen-bond donors (Lipinski definition) is 3. The summed E-state index contributed by atoms with van der Waals surface area (Å²) in [7, 11) is 0. The van der Waals surface area contributed by atoms with Crippen molar-refractivity contribution in [1.82, 2.24) is 0 Å². The first-order chi connectivity index (χ1) is 14.1. The van der Waals surface area contributed by atoms with Crippen LogP contribution in [0, 0.1) is 17.3 Å². The minimum Gasteiger partial charge on any atom is -0.393 e. The highest BCUT2D eigenvalue weighted by atomic mass is 16.5. The summed E-state index contributed by atoms with van der Waals surface area (Å²) < 4.78 is 6.07. The first-order valence-electron chi connectivity index (χ1n) is 11.6. The molecule has 0 radical (unpaired) electrons. The van der Waals surface area contributed by atoms with Gasteiger partial charge in [0, 0.05) is 6.42 Å². The largest absolute Gasteiger partial charge is 0.393 e. The Morgan fingerprint density at radius 1 is 1.27 bits per heavy atom. The summed E-state index contributed by atoms with van der Waals surface area (Å²) in [6.07, 6.45) is 10.4. The molecule has 0 aromatic rings. The Hall–Kier alpha value is -1.20. The molecule has 3 rings (SSSR count). The van der Waals surface area contributed by atoms with E-state index in [0.717, 1.165) is 36.8 Å². The second-order valence-electron chi connectivity index (χ2n) is 10.1. The summed E-state index contributed by atoms with van der Waals surface area (Å²) in [5, 5.41) is 30.2. The Labute approximate surface area is 182 Å². The summed E-state index contributed by atoms with van der Waals surface area (Å²) in [4.78, 5) is 0. The number of ether oxygens (including phenoxy) is 1. The average Bonchev–Trinajstić information content (AvgIpc) is 3.04. The molecule has 2 fully saturated rings. The van der Waals surface area contributed by atoms with Crippen LogP contribution in [-0.2, 0) is 4.74 Å². The molecule has 6 atom stereocenters. The van der Waals surface area contributed by atoms with Crippen LogP contribution in [-0.4, -0.2) is 46.3 Å². The molecule has 0 aliphatic heterocycles. The molecule has 0 aromatic carbocycles. The minimum absolute atomic E-state index is 0.00882. The number of fused-ring (bicyclic) bond motifs is 1. The number of allylic oxidation sites excluding steroid dienone is 4. The first-order valence-corrected chi connectivity index (χ1v) is 11.6. The third kappa shape index (κ3) is 4.83. The first kappa shape index (κ1) is 23.5. The lowest BCUT2D eigenvalue weighted by Gasteiger charge is -2.42. The van der Waals surface area contributed by atoms with E-state index in [0.29, 0.717) is 25.4 Å². The fourth-order valence-electron chi connectivity index (χ4n) is 5.47. The molecular formula is C26H40O4. The second kappa shape index (κ2) is 9.52. The van der Waals surface area contributed by atoms with Gasteiger partial charge in [-0.2, -0.15) is 0 Å². The van der Waals surface area contributed by atoms with Gasteiger partial charge in [-0.1, -0.05) is 51.2 Å². The zero-order valence-electron chi connectivity index (χ0n) is 19.1. The summed E-state index contributed by atoms with van der Waals surface area (Å²) in [6.45, 7) is 12.9. The normalized spacial score (nSPS) is 36.9. The number of aliphatic hydroxyl groups is 3. The lowest BCUT2D eigenvalue weighted by Crippen LogP contribution is -2.35. The maximum atomic E-state index is 10.1. The molecule has 0 amide bonds. The van der Waals surface area contributed by atoms with Crippen LogP contribution in [0.1, 0.15) is 66.2 Å². The molecule has 0 bridgehead atoms. The van der Waals surface area contributed by atoms with Gasteiger partial charge in [0.2, 0.25) is 0 Å². The SMILES string of the molecule is C=C1C(=CC=C2CCC[C@]3(C)C([C@H](C)OC[C@@H](O)C(C)C)=CC[C@@H]23)C[C@@H](O)C[C@@H]1O. The quantitative estimate of drug-likeness (QED) is 0.559. The van der Waals surface area contributed by atoms with Gasteiger partial charge < -0.3 is 20.1 Å². The molecule has 0 unspecified atom stereocenters. The van der Waals surface area contributed by atoms with Crippen LogP contribution < -0.4 is 0 Å². The van der Waals surface area contributed by atoms with Crippen LogP contribution in [0.5, 0.6) is 0 Å². The lowest BCUT2D eigenvalue weighted by atomic mass is 9.63. The number of rotatable bonds is 6. The maximum absolute atomic E-state index is 10.1. The van der Waals surface area contributed by atoms with E-state index >= 15 is 0 Å². The summed E-state index contributed by atoms with van der Waals surface area (Å²) >= 11 is 0. The predicted molar refractivity (Wildman–Crippen MR) is 121 cm³/mol. The highest BCUT2D eigenvalue weighted by Crippen LogP contribution is 2.55. The fraction of sp³-hybridized carbons (Fsp3) is 0.692. The maximum Gasteiger partial charge on any atom is 0.0811 e. The van der Waals surface area contributed by atoms with Crippen molar-refractivity contribution in [2.75, 3.05) is 6.61 Å². The van der Waals surface area contributed by atoms with Gasteiger partial charge in [0.15, 0.2) is 0 Å². The molecule has 168 valence electrons.